The minimum Gasteiger partial charge on any atom is -0.452 e. The zero-order valence-corrected chi connectivity index (χ0v) is 16.7. The van der Waals surface area contributed by atoms with Crippen molar-refractivity contribution in [2.45, 2.75) is 4.90 Å². The molecule has 0 saturated heterocycles. The van der Waals surface area contributed by atoms with Crippen LogP contribution in [-0.2, 0) is 19.6 Å². The van der Waals surface area contributed by atoms with Crippen LogP contribution in [0.2, 0.25) is 10.0 Å². The van der Waals surface area contributed by atoms with E-state index in [0.717, 1.165) is 4.31 Å². The summed E-state index contributed by atoms with van der Waals surface area (Å²) in [6.45, 7) is -0.517. The van der Waals surface area contributed by atoms with Crippen LogP contribution in [-0.4, -0.2) is 45.3 Å². The molecule has 2 rings (SSSR count). The Balaban J connectivity index is 1.95. The van der Waals surface area contributed by atoms with Gasteiger partial charge < -0.3 is 10.1 Å². The summed E-state index contributed by atoms with van der Waals surface area (Å²) in [5.41, 5.74) is 0.527. The van der Waals surface area contributed by atoms with Gasteiger partial charge in [0, 0.05) is 19.8 Å². The summed E-state index contributed by atoms with van der Waals surface area (Å²) < 4.78 is 30.0. The molecule has 0 unspecified atom stereocenters. The van der Waals surface area contributed by atoms with Crippen molar-refractivity contribution in [2.75, 3.05) is 26.0 Å². The highest BCUT2D eigenvalue weighted by atomic mass is 35.5. The van der Waals surface area contributed by atoms with E-state index in [1.165, 1.54) is 50.5 Å². The van der Waals surface area contributed by atoms with Gasteiger partial charge in [-0.15, -0.1) is 0 Å². The van der Waals surface area contributed by atoms with E-state index in [2.05, 4.69) is 5.32 Å². The largest absolute Gasteiger partial charge is 0.452 e. The number of hydrogen-bond donors (Lipinski definition) is 1. The van der Waals surface area contributed by atoms with Gasteiger partial charge in [0.1, 0.15) is 0 Å². The minimum atomic E-state index is -3.59. The molecule has 7 nitrogen and oxygen atoms in total. The first kappa shape index (κ1) is 21.2. The predicted molar refractivity (Wildman–Crippen MR) is 103 cm³/mol. The quantitative estimate of drug-likeness (QED) is 0.710. The molecule has 0 saturated carbocycles. The van der Waals surface area contributed by atoms with E-state index in [1.54, 1.807) is 6.07 Å². The number of carbonyl (C=O) groups is 2. The van der Waals surface area contributed by atoms with E-state index in [4.69, 9.17) is 27.9 Å². The van der Waals surface area contributed by atoms with E-state index in [-0.39, 0.29) is 15.5 Å². The fourth-order valence-corrected chi connectivity index (χ4v) is 3.16. The molecular formula is C17H16Cl2N2O5S. The number of anilines is 1. The standard InChI is InChI=1S/C17H16Cl2N2O5S/c1-21(2)27(24,25)13-6-3-11(4-7-13)17(23)26-10-16(22)20-12-5-8-14(18)15(19)9-12/h3-9H,10H2,1-2H3,(H,20,22). The summed E-state index contributed by atoms with van der Waals surface area (Å²) in [7, 11) is -0.776. The fourth-order valence-electron chi connectivity index (χ4n) is 1.96. The third-order valence-corrected chi connectivity index (χ3v) is 5.97. The molecule has 0 spiro atoms. The zero-order valence-electron chi connectivity index (χ0n) is 14.4. The van der Waals surface area contributed by atoms with E-state index >= 15 is 0 Å². The first-order valence-corrected chi connectivity index (χ1v) is 9.75. The molecule has 10 heteroatoms. The summed E-state index contributed by atoms with van der Waals surface area (Å²) in [6.07, 6.45) is 0. The van der Waals surface area contributed by atoms with E-state index in [0.29, 0.717) is 10.7 Å². The normalized spacial score (nSPS) is 11.3. The number of rotatable bonds is 6. The van der Waals surface area contributed by atoms with Crippen molar-refractivity contribution in [3.8, 4) is 0 Å². The Morgan fingerprint density at radius 3 is 2.22 bits per heavy atom. The number of sulfonamides is 1. The molecule has 0 atom stereocenters. The minimum absolute atomic E-state index is 0.0430. The van der Waals surface area contributed by atoms with Crippen molar-refractivity contribution in [1.82, 2.24) is 4.31 Å². The van der Waals surface area contributed by atoms with Gasteiger partial charge in [0.15, 0.2) is 6.61 Å². The topological polar surface area (TPSA) is 92.8 Å². The predicted octanol–water partition coefficient (Wildman–Crippen LogP) is 3.04. The number of carbonyl (C=O) groups excluding carboxylic acids is 2. The number of amides is 1. The average Bonchev–Trinajstić information content (AvgIpc) is 2.62. The molecular weight excluding hydrogens is 415 g/mol. The Hall–Kier alpha value is -2.13. The first-order chi connectivity index (χ1) is 12.6. The van der Waals surface area contributed by atoms with Crippen LogP contribution in [0.25, 0.3) is 0 Å². The van der Waals surface area contributed by atoms with Crippen LogP contribution >= 0.6 is 23.2 Å². The van der Waals surface area contributed by atoms with Crippen molar-refractivity contribution < 1.29 is 22.7 Å². The Kier molecular flexibility index (Phi) is 6.83. The van der Waals surface area contributed by atoms with Crippen LogP contribution in [0.5, 0.6) is 0 Å². The highest BCUT2D eigenvalue weighted by Gasteiger charge is 2.18. The number of benzene rings is 2. The Bertz CT molecular complexity index is 960. The fraction of sp³-hybridized carbons (Fsp3) is 0.176. The third-order valence-electron chi connectivity index (χ3n) is 3.41. The maximum absolute atomic E-state index is 12.0. The molecule has 0 bridgehead atoms. The number of halogens is 2. The van der Waals surface area contributed by atoms with Gasteiger partial charge in [-0.05, 0) is 42.5 Å². The molecule has 2 aromatic carbocycles. The number of hydrogen-bond acceptors (Lipinski definition) is 5. The molecule has 0 aliphatic carbocycles. The summed E-state index contributed by atoms with van der Waals surface area (Å²) in [5, 5.41) is 3.14. The molecule has 0 aliphatic heterocycles. The second kappa shape index (κ2) is 8.71. The Morgan fingerprint density at radius 2 is 1.67 bits per heavy atom. The van der Waals surface area contributed by atoms with Crippen LogP contribution in [0.1, 0.15) is 10.4 Å². The van der Waals surface area contributed by atoms with Crippen LogP contribution in [0.3, 0.4) is 0 Å². The second-order valence-corrected chi connectivity index (χ2v) is 8.53. The van der Waals surface area contributed by atoms with Gasteiger partial charge in [0.05, 0.1) is 20.5 Å². The zero-order chi connectivity index (χ0) is 20.2. The molecule has 0 aromatic heterocycles. The van der Waals surface area contributed by atoms with Gasteiger partial charge in [-0.25, -0.2) is 17.5 Å². The van der Waals surface area contributed by atoms with Crippen molar-refractivity contribution >= 4 is 50.8 Å². The molecule has 0 heterocycles. The maximum Gasteiger partial charge on any atom is 0.338 e. The van der Waals surface area contributed by atoms with Crippen LogP contribution in [0.4, 0.5) is 5.69 Å². The lowest BCUT2D eigenvalue weighted by Gasteiger charge is -2.11. The van der Waals surface area contributed by atoms with E-state index < -0.39 is 28.5 Å². The molecule has 0 fully saturated rings. The van der Waals surface area contributed by atoms with Gasteiger partial charge in [0.25, 0.3) is 5.91 Å². The molecule has 144 valence electrons. The molecule has 2 aromatic rings. The lowest BCUT2D eigenvalue weighted by atomic mass is 10.2. The third kappa shape index (κ3) is 5.43. The highest BCUT2D eigenvalue weighted by Crippen LogP contribution is 2.25. The average molecular weight is 431 g/mol. The smallest absolute Gasteiger partial charge is 0.338 e. The Morgan fingerprint density at radius 1 is 1.04 bits per heavy atom. The number of esters is 1. The first-order valence-electron chi connectivity index (χ1n) is 7.56. The second-order valence-electron chi connectivity index (χ2n) is 5.57. The van der Waals surface area contributed by atoms with Crippen LogP contribution < -0.4 is 5.32 Å². The van der Waals surface area contributed by atoms with Gasteiger partial charge in [0.2, 0.25) is 10.0 Å². The highest BCUT2D eigenvalue weighted by molar-refractivity contribution is 7.89. The summed E-state index contributed by atoms with van der Waals surface area (Å²) in [6, 6.07) is 9.76. The van der Waals surface area contributed by atoms with E-state index in [9.17, 15) is 18.0 Å². The number of nitrogens with one attached hydrogen (secondary N) is 1. The summed E-state index contributed by atoms with van der Waals surface area (Å²) in [5.74, 6) is -1.32. The molecule has 27 heavy (non-hydrogen) atoms. The van der Waals surface area contributed by atoms with Crippen LogP contribution in [0.15, 0.2) is 47.4 Å². The lowest BCUT2D eigenvalue weighted by Crippen LogP contribution is -2.22. The van der Waals surface area contributed by atoms with Crippen molar-refractivity contribution in [3.05, 3.63) is 58.1 Å². The van der Waals surface area contributed by atoms with Crippen LogP contribution in [0, 0.1) is 0 Å². The monoisotopic (exact) mass is 430 g/mol. The summed E-state index contributed by atoms with van der Waals surface area (Å²) >= 11 is 11.6. The van der Waals surface area contributed by atoms with Crippen molar-refractivity contribution in [1.29, 1.82) is 0 Å². The lowest BCUT2D eigenvalue weighted by molar-refractivity contribution is -0.119. The number of nitrogens with zero attached hydrogens (tertiary/aromatic N) is 1. The van der Waals surface area contributed by atoms with Gasteiger partial charge >= 0.3 is 5.97 Å². The molecule has 1 amide bonds. The molecule has 0 radical (unpaired) electrons. The van der Waals surface area contributed by atoms with Gasteiger partial charge in [-0.3, -0.25) is 4.79 Å². The van der Waals surface area contributed by atoms with E-state index in [1.807, 2.05) is 0 Å². The SMILES string of the molecule is CN(C)S(=O)(=O)c1ccc(C(=O)OCC(=O)Nc2ccc(Cl)c(Cl)c2)cc1. The van der Waals surface area contributed by atoms with Crippen molar-refractivity contribution in [3.63, 3.8) is 0 Å². The Labute approximate surface area is 166 Å². The maximum atomic E-state index is 12.0. The molecule has 0 aliphatic rings. The molecule has 1 N–H and O–H groups in total. The van der Waals surface area contributed by atoms with Gasteiger partial charge in [-0.2, -0.15) is 0 Å². The van der Waals surface area contributed by atoms with Gasteiger partial charge in [-0.1, -0.05) is 23.2 Å². The summed E-state index contributed by atoms with van der Waals surface area (Å²) in [4.78, 5) is 23.9. The van der Waals surface area contributed by atoms with Crippen molar-refractivity contribution in [2.24, 2.45) is 0 Å². The number of ether oxygens (including phenoxy) is 1.